The Bertz CT molecular complexity index is 863. The van der Waals surface area contributed by atoms with Gasteiger partial charge in [-0.05, 0) is 24.1 Å². The summed E-state index contributed by atoms with van der Waals surface area (Å²) in [4.78, 5) is 29.1. The standard InChI is InChI=1S/C19H17N3O3/c1-19(13-5-3-2-4-6-13)11-15-16(23)8-9-17(19)21(15)18-10-7-14(12-20-18)22(24)25/h2-10,12,15,17H,11H2,1H3. The van der Waals surface area contributed by atoms with Crippen LogP contribution < -0.4 is 4.90 Å². The van der Waals surface area contributed by atoms with Gasteiger partial charge in [-0.25, -0.2) is 4.98 Å². The van der Waals surface area contributed by atoms with E-state index < -0.39 is 4.92 Å². The van der Waals surface area contributed by atoms with Crippen molar-refractivity contribution < 1.29 is 9.72 Å². The van der Waals surface area contributed by atoms with E-state index in [1.165, 1.54) is 17.8 Å². The molecule has 3 heterocycles. The van der Waals surface area contributed by atoms with Gasteiger partial charge in [0.15, 0.2) is 5.78 Å². The number of nitrogens with zero attached hydrogens (tertiary/aromatic N) is 3. The molecule has 2 aliphatic heterocycles. The molecule has 2 aliphatic rings. The first-order valence-electron chi connectivity index (χ1n) is 8.17. The molecule has 2 aromatic rings. The summed E-state index contributed by atoms with van der Waals surface area (Å²) in [5.41, 5.74) is 0.896. The van der Waals surface area contributed by atoms with E-state index in [-0.39, 0.29) is 29.0 Å². The van der Waals surface area contributed by atoms with Crippen molar-refractivity contribution in [3.8, 4) is 0 Å². The SMILES string of the molecule is CC1(c2ccccc2)CC2C(=O)C=CC1N2c1ccc([N+](=O)[O-])cn1. The fourth-order valence-electron chi connectivity index (χ4n) is 4.01. The van der Waals surface area contributed by atoms with E-state index in [1.54, 1.807) is 12.1 Å². The van der Waals surface area contributed by atoms with E-state index in [2.05, 4.69) is 24.0 Å². The van der Waals surface area contributed by atoms with E-state index in [0.717, 1.165) is 0 Å². The van der Waals surface area contributed by atoms with E-state index in [0.29, 0.717) is 12.2 Å². The zero-order valence-electron chi connectivity index (χ0n) is 13.7. The van der Waals surface area contributed by atoms with Gasteiger partial charge in [-0.2, -0.15) is 0 Å². The summed E-state index contributed by atoms with van der Waals surface area (Å²) in [7, 11) is 0. The molecular weight excluding hydrogens is 318 g/mol. The highest BCUT2D eigenvalue weighted by molar-refractivity contribution is 5.99. The smallest absolute Gasteiger partial charge is 0.287 e. The summed E-state index contributed by atoms with van der Waals surface area (Å²) >= 11 is 0. The zero-order chi connectivity index (χ0) is 17.6. The molecule has 6 heteroatoms. The summed E-state index contributed by atoms with van der Waals surface area (Å²) in [6.45, 7) is 2.16. The molecule has 0 N–H and O–H groups in total. The summed E-state index contributed by atoms with van der Waals surface area (Å²) in [6, 6.07) is 12.9. The number of carbonyl (C=O) groups is 1. The fraction of sp³-hybridized carbons (Fsp3) is 0.263. The predicted octanol–water partition coefficient (Wildman–Crippen LogP) is 3.03. The molecule has 1 aromatic carbocycles. The molecule has 0 aliphatic carbocycles. The fourth-order valence-corrected chi connectivity index (χ4v) is 4.01. The highest BCUT2D eigenvalue weighted by atomic mass is 16.6. The van der Waals surface area contributed by atoms with Crippen molar-refractivity contribution in [2.45, 2.75) is 30.8 Å². The second kappa shape index (κ2) is 5.51. The average molecular weight is 335 g/mol. The van der Waals surface area contributed by atoms with E-state index in [1.807, 2.05) is 29.2 Å². The molecule has 6 nitrogen and oxygen atoms in total. The number of pyridine rings is 1. The lowest BCUT2D eigenvalue weighted by atomic mass is 9.76. The second-order valence-electron chi connectivity index (χ2n) is 6.75. The molecule has 126 valence electrons. The number of ketones is 1. The first-order valence-corrected chi connectivity index (χ1v) is 8.17. The topological polar surface area (TPSA) is 76.3 Å². The number of fused-ring (bicyclic) bond motifs is 2. The van der Waals surface area contributed by atoms with Gasteiger partial charge in [0.1, 0.15) is 12.0 Å². The number of carbonyl (C=O) groups excluding carboxylic acids is 1. The molecule has 0 spiro atoms. The molecule has 4 rings (SSSR count). The molecule has 1 fully saturated rings. The average Bonchev–Trinajstić information content (AvgIpc) is 2.87. The van der Waals surface area contributed by atoms with Crippen LogP contribution in [0.25, 0.3) is 0 Å². The van der Waals surface area contributed by atoms with Gasteiger partial charge in [0.05, 0.1) is 17.0 Å². The first kappa shape index (κ1) is 15.5. The van der Waals surface area contributed by atoms with Gasteiger partial charge in [0, 0.05) is 11.5 Å². The van der Waals surface area contributed by atoms with Crippen molar-refractivity contribution in [1.82, 2.24) is 4.98 Å². The molecule has 1 aromatic heterocycles. The van der Waals surface area contributed by atoms with Gasteiger partial charge in [-0.3, -0.25) is 14.9 Å². The third kappa shape index (κ3) is 2.33. The van der Waals surface area contributed by atoms with Crippen molar-refractivity contribution in [3.05, 3.63) is 76.5 Å². The monoisotopic (exact) mass is 335 g/mol. The molecule has 2 bridgehead atoms. The molecule has 1 saturated heterocycles. The number of hydrogen-bond acceptors (Lipinski definition) is 5. The van der Waals surface area contributed by atoms with Gasteiger partial charge in [0.2, 0.25) is 0 Å². The molecule has 3 unspecified atom stereocenters. The van der Waals surface area contributed by atoms with Crippen LogP contribution in [0.1, 0.15) is 18.9 Å². The number of benzene rings is 1. The minimum atomic E-state index is -0.471. The highest BCUT2D eigenvalue weighted by Gasteiger charge is 2.53. The maximum absolute atomic E-state index is 12.5. The maximum Gasteiger partial charge on any atom is 0.287 e. The largest absolute Gasteiger partial charge is 0.339 e. The maximum atomic E-state index is 12.5. The Morgan fingerprint density at radius 1 is 1.24 bits per heavy atom. The minimum Gasteiger partial charge on any atom is -0.339 e. The quantitative estimate of drug-likeness (QED) is 0.636. The van der Waals surface area contributed by atoms with Gasteiger partial charge < -0.3 is 4.90 Å². The summed E-state index contributed by atoms with van der Waals surface area (Å²) in [5, 5.41) is 10.9. The summed E-state index contributed by atoms with van der Waals surface area (Å²) in [5.74, 6) is 0.647. The Kier molecular flexibility index (Phi) is 3.42. The van der Waals surface area contributed by atoms with Crippen LogP contribution in [0.15, 0.2) is 60.8 Å². The minimum absolute atomic E-state index is 0.0217. The molecule has 25 heavy (non-hydrogen) atoms. The molecular formula is C19H17N3O3. The number of aromatic nitrogens is 1. The van der Waals surface area contributed by atoms with Gasteiger partial charge in [-0.15, -0.1) is 0 Å². The van der Waals surface area contributed by atoms with Crippen LogP contribution in [0, 0.1) is 10.1 Å². The van der Waals surface area contributed by atoms with Crippen LogP contribution in [0.2, 0.25) is 0 Å². The second-order valence-corrected chi connectivity index (χ2v) is 6.75. The Balaban J connectivity index is 1.77. The number of hydrogen-bond donors (Lipinski definition) is 0. The number of nitro groups is 1. The lowest BCUT2D eigenvalue weighted by Gasteiger charge is -2.36. The zero-order valence-corrected chi connectivity index (χ0v) is 13.7. The lowest BCUT2D eigenvalue weighted by molar-refractivity contribution is -0.385. The van der Waals surface area contributed by atoms with Crippen LogP contribution in [0.3, 0.4) is 0 Å². The Labute approximate surface area is 145 Å². The van der Waals surface area contributed by atoms with E-state index in [9.17, 15) is 14.9 Å². The van der Waals surface area contributed by atoms with Crippen molar-refractivity contribution in [2.24, 2.45) is 0 Å². The van der Waals surface area contributed by atoms with E-state index in [4.69, 9.17) is 0 Å². The van der Waals surface area contributed by atoms with Crippen LogP contribution >= 0.6 is 0 Å². The third-order valence-corrected chi connectivity index (χ3v) is 5.32. The van der Waals surface area contributed by atoms with Gasteiger partial charge in [-0.1, -0.05) is 43.3 Å². The van der Waals surface area contributed by atoms with Crippen LogP contribution in [0.5, 0.6) is 0 Å². The Morgan fingerprint density at radius 3 is 2.64 bits per heavy atom. The Hall–Kier alpha value is -3.02. The van der Waals surface area contributed by atoms with Crippen LogP contribution in [-0.2, 0) is 10.2 Å². The predicted molar refractivity (Wildman–Crippen MR) is 93.5 cm³/mol. The Morgan fingerprint density at radius 2 is 2.00 bits per heavy atom. The molecule has 0 amide bonds. The highest BCUT2D eigenvalue weighted by Crippen LogP contribution is 2.47. The summed E-state index contributed by atoms with van der Waals surface area (Å²) < 4.78 is 0. The van der Waals surface area contributed by atoms with E-state index >= 15 is 0 Å². The van der Waals surface area contributed by atoms with Crippen LogP contribution in [0.4, 0.5) is 11.5 Å². The number of anilines is 1. The van der Waals surface area contributed by atoms with Crippen molar-refractivity contribution >= 4 is 17.3 Å². The lowest BCUT2D eigenvalue weighted by Crippen LogP contribution is -2.46. The normalized spacial score (nSPS) is 27.6. The van der Waals surface area contributed by atoms with Gasteiger partial charge >= 0.3 is 0 Å². The van der Waals surface area contributed by atoms with Gasteiger partial charge in [0.25, 0.3) is 5.69 Å². The number of rotatable bonds is 3. The first-order chi connectivity index (χ1) is 12.0. The summed E-state index contributed by atoms with van der Waals surface area (Å²) in [6.07, 6.45) is 5.52. The molecule has 3 atom stereocenters. The van der Waals surface area contributed by atoms with Crippen molar-refractivity contribution in [1.29, 1.82) is 0 Å². The molecule has 0 saturated carbocycles. The third-order valence-electron chi connectivity index (χ3n) is 5.32. The van der Waals surface area contributed by atoms with Crippen LogP contribution in [-0.4, -0.2) is 27.8 Å². The van der Waals surface area contributed by atoms with Crippen molar-refractivity contribution in [2.75, 3.05) is 4.90 Å². The van der Waals surface area contributed by atoms with Crippen molar-refractivity contribution in [3.63, 3.8) is 0 Å². The molecule has 0 radical (unpaired) electrons.